The number of aliphatic hydroxyl groups is 2. The van der Waals surface area contributed by atoms with Gasteiger partial charge in [-0.15, -0.1) is 11.6 Å². The molecule has 61 heavy (non-hydrogen) atoms. The molecule has 11 nitrogen and oxygen atoms in total. The second kappa shape index (κ2) is 18.7. The molecule has 1 aromatic carbocycles. The first kappa shape index (κ1) is 49.1. The number of quaternary nitrogens is 1. The first-order valence-electron chi connectivity index (χ1n) is 22.2. The number of alkyl halides is 1. The molecule has 6 aliphatic rings. The first-order chi connectivity index (χ1) is 28.3. The van der Waals surface area contributed by atoms with Crippen molar-refractivity contribution in [1.29, 1.82) is 0 Å². The number of carbonyl (C=O) groups excluding carboxylic acids is 5. The predicted octanol–water partition coefficient (Wildman–Crippen LogP) is 3.94. The van der Waals surface area contributed by atoms with Crippen LogP contribution in [-0.4, -0.2) is 105 Å². The maximum Gasteiger partial charge on any atom is 0.316 e. The van der Waals surface area contributed by atoms with E-state index in [1.807, 2.05) is 57.2 Å². The number of rotatable bonds is 11. The summed E-state index contributed by atoms with van der Waals surface area (Å²) in [5, 5.41) is 21.4. The van der Waals surface area contributed by atoms with E-state index in [4.69, 9.17) is 25.8 Å². The Hall–Kier alpha value is -2.90. The molecule has 7 rings (SSSR count). The number of carbonyl (C=O) groups is 5. The second-order valence-electron chi connectivity index (χ2n) is 19.3. The van der Waals surface area contributed by atoms with Gasteiger partial charge in [-0.25, -0.2) is 0 Å². The molecule has 2 aliphatic heterocycles. The van der Waals surface area contributed by atoms with Gasteiger partial charge in [0.2, 0.25) is 5.78 Å². The molecule has 2 bridgehead atoms. The van der Waals surface area contributed by atoms with Crippen LogP contribution in [0.2, 0.25) is 0 Å². The molecule has 5 fully saturated rings. The lowest BCUT2D eigenvalue weighted by atomic mass is 9.45. The monoisotopic (exact) mass is 931 g/mol. The lowest BCUT2D eigenvalue weighted by Crippen LogP contribution is -3.00. The van der Waals surface area contributed by atoms with Crippen molar-refractivity contribution in [3.63, 3.8) is 0 Å². The van der Waals surface area contributed by atoms with E-state index in [0.29, 0.717) is 37.4 Å². The van der Waals surface area contributed by atoms with Gasteiger partial charge in [0.25, 0.3) is 0 Å². The third-order valence-electron chi connectivity index (χ3n) is 16.4. The largest absolute Gasteiger partial charge is 1.00 e. The van der Waals surface area contributed by atoms with Crippen LogP contribution in [0.1, 0.15) is 124 Å². The maximum absolute atomic E-state index is 13.9. The number of hydrogen-bond donors (Lipinski definition) is 2. The van der Waals surface area contributed by atoms with Crippen molar-refractivity contribution >= 4 is 41.1 Å². The van der Waals surface area contributed by atoms with E-state index >= 15 is 0 Å². The van der Waals surface area contributed by atoms with Crippen LogP contribution in [0.3, 0.4) is 0 Å². The lowest BCUT2D eigenvalue weighted by Gasteiger charge is -2.64. The van der Waals surface area contributed by atoms with Gasteiger partial charge in [-0.05, 0) is 69.1 Å². The number of nitrogens with zero attached hydrogens (tertiary/aromatic N) is 1. The van der Waals surface area contributed by atoms with Gasteiger partial charge in [-0.1, -0.05) is 76.6 Å². The fourth-order valence-electron chi connectivity index (χ4n) is 12.8. The van der Waals surface area contributed by atoms with Crippen molar-refractivity contribution in [2.45, 2.75) is 159 Å². The Labute approximate surface area is 377 Å². The Kier molecular flexibility index (Phi) is 15.0. The van der Waals surface area contributed by atoms with E-state index in [0.717, 1.165) is 28.5 Å². The third-order valence-corrected chi connectivity index (χ3v) is 17.3. The molecule has 3 saturated carbocycles. The normalized spacial score (nSPS) is 38.6. The highest BCUT2D eigenvalue weighted by atomic mass is 79.9. The summed E-state index contributed by atoms with van der Waals surface area (Å²) in [5.41, 5.74) is -1.44. The van der Waals surface area contributed by atoms with Crippen LogP contribution in [0.4, 0.5) is 0 Å². The highest BCUT2D eigenvalue weighted by Gasteiger charge is 2.76. The van der Waals surface area contributed by atoms with E-state index < -0.39 is 57.7 Å². The molecule has 2 heterocycles. The maximum atomic E-state index is 13.9. The van der Waals surface area contributed by atoms with Crippen molar-refractivity contribution in [3.05, 3.63) is 59.7 Å². The molecule has 2 saturated heterocycles. The molecule has 0 spiro atoms. The number of benzene rings is 1. The number of allylic oxidation sites excluding steroid dienone is 4. The van der Waals surface area contributed by atoms with E-state index in [1.54, 1.807) is 19.9 Å². The average molecular weight is 933 g/mol. The zero-order valence-corrected chi connectivity index (χ0v) is 39.5. The highest BCUT2D eigenvalue weighted by Crippen LogP contribution is 2.72. The van der Waals surface area contributed by atoms with Gasteiger partial charge < -0.3 is 45.9 Å². The van der Waals surface area contributed by atoms with Crippen molar-refractivity contribution in [2.24, 2.45) is 28.6 Å². The van der Waals surface area contributed by atoms with Crippen molar-refractivity contribution < 1.29 is 69.9 Å². The van der Waals surface area contributed by atoms with Crippen LogP contribution in [0.15, 0.2) is 54.1 Å². The summed E-state index contributed by atoms with van der Waals surface area (Å²) in [6.45, 7) is 13.0. The summed E-state index contributed by atoms with van der Waals surface area (Å²) in [7, 11) is 2.37. The minimum Gasteiger partial charge on any atom is -1.00 e. The quantitative estimate of drug-likeness (QED) is 0.145. The summed E-state index contributed by atoms with van der Waals surface area (Å²) in [6.07, 6.45) is 10.5. The topological polar surface area (TPSA) is 154 Å². The van der Waals surface area contributed by atoms with Crippen molar-refractivity contribution in [1.82, 2.24) is 0 Å². The second-order valence-corrected chi connectivity index (χ2v) is 19.9. The average Bonchev–Trinajstić information content (AvgIpc) is 3.51. The van der Waals surface area contributed by atoms with E-state index in [1.165, 1.54) is 18.9 Å². The molecule has 4 aliphatic carbocycles. The summed E-state index contributed by atoms with van der Waals surface area (Å²) < 4.78 is 18.2. The number of aliphatic hydroxyl groups excluding tert-OH is 2. The molecule has 338 valence electrons. The highest BCUT2D eigenvalue weighted by molar-refractivity contribution is 6.26. The predicted molar refractivity (Wildman–Crippen MR) is 227 cm³/mol. The van der Waals surface area contributed by atoms with Gasteiger partial charge in [0.05, 0.1) is 42.8 Å². The first-order valence-corrected chi connectivity index (χ1v) is 22.6. The minimum atomic E-state index is -1.55. The number of halogens is 2. The summed E-state index contributed by atoms with van der Waals surface area (Å²) in [6, 6.07) is 11.2. The van der Waals surface area contributed by atoms with Crippen LogP contribution in [0.5, 0.6) is 0 Å². The summed E-state index contributed by atoms with van der Waals surface area (Å²) in [5.74, 6) is -3.09. The Bertz CT molecular complexity index is 1870. The Morgan fingerprint density at radius 1 is 0.951 bits per heavy atom. The molecular formula is C48H67BrClNO10. The molecular weight excluding hydrogens is 866 g/mol. The minimum absolute atomic E-state index is 0. The molecule has 0 amide bonds. The fourth-order valence-corrected chi connectivity index (χ4v) is 13.3. The number of esters is 3. The van der Waals surface area contributed by atoms with E-state index in [-0.39, 0.29) is 78.5 Å². The Morgan fingerprint density at radius 3 is 2.15 bits per heavy atom. The molecule has 0 aromatic heterocycles. The van der Waals surface area contributed by atoms with Gasteiger partial charge in [0.1, 0.15) is 12.0 Å². The van der Waals surface area contributed by atoms with Crippen LogP contribution >= 0.6 is 11.6 Å². The molecule has 2 unspecified atom stereocenters. The summed E-state index contributed by atoms with van der Waals surface area (Å²) in [4.78, 5) is 62.0. The van der Waals surface area contributed by atoms with Crippen LogP contribution in [0, 0.1) is 28.6 Å². The van der Waals surface area contributed by atoms with Gasteiger partial charge in [-0.3, -0.25) is 24.0 Å². The van der Waals surface area contributed by atoms with Crippen molar-refractivity contribution in [3.8, 4) is 0 Å². The van der Waals surface area contributed by atoms with Crippen LogP contribution in [-0.2, 0) is 38.2 Å². The smallest absolute Gasteiger partial charge is 0.316 e. The molecule has 1 aromatic rings. The number of ether oxygens (including phenoxy) is 3. The molecule has 13 heteroatoms. The number of Topliss-reactive ketones (excluding diaryl/α,β-unsaturated/α-hetero) is 1. The van der Waals surface area contributed by atoms with Gasteiger partial charge in [0, 0.05) is 55.3 Å². The standard InChI is InChI=1S/C28H37ClO7.C20H30NO3.BrH/c1-6-23(33)35-15-22(32)28(36-24(34)7-2)16(3)12-20-19-9-8-17-13-18(30)10-11-25(17,4)27(19,29)21(31)14-26(20,28)5;1-14(2)21(3)16-9-10-17(21)12-18(11-16)24-20(23)19(13-22)15-7-5-4-6-8-15;/h10-11,13,16,19-21,31H,6-9,12,14-15H2,1-5H3;4-8,14,16-19,22H,9-13H2,1-3H3;1H/q;+1;/p-1/t16-,19-,20-,21-,25-,26-,27-,28-;16-,17+,18+,19?,21?;/m0../s1. The van der Waals surface area contributed by atoms with E-state index in [9.17, 15) is 34.2 Å². The van der Waals surface area contributed by atoms with Gasteiger partial charge in [0.15, 0.2) is 18.0 Å². The number of fused-ring (bicyclic) bond motifs is 7. The number of hydrogen-bond acceptors (Lipinski definition) is 10. The fraction of sp³-hybridized carbons (Fsp3) is 0.688. The Balaban J connectivity index is 0.000000245. The van der Waals surface area contributed by atoms with Gasteiger partial charge >= 0.3 is 17.9 Å². The molecule has 13 atom stereocenters. The van der Waals surface area contributed by atoms with Crippen LogP contribution in [0.25, 0.3) is 0 Å². The van der Waals surface area contributed by atoms with Gasteiger partial charge in [-0.2, -0.15) is 0 Å². The third kappa shape index (κ3) is 8.12. The van der Waals surface area contributed by atoms with Crippen LogP contribution < -0.4 is 17.0 Å². The van der Waals surface area contributed by atoms with Crippen molar-refractivity contribution in [2.75, 3.05) is 20.3 Å². The lowest BCUT2D eigenvalue weighted by molar-refractivity contribution is -0.968. The zero-order chi connectivity index (χ0) is 44.0. The van der Waals surface area contributed by atoms with E-state index in [2.05, 4.69) is 20.9 Å². The SMILES string of the molecule is CC(C)[N+]1(C)[C@@H]2CC[C@H]1C[C@@H](OC(=O)C(CO)c1ccccc1)C2.CCC(=O)OCC(=O)[C@@]1(OC(=O)CC)[C@@H](C)C[C@H]2[C@@H]3CCC4=CC(=O)C=C[C@]4(C)[C@@]3(Cl)[C@@H](O)C[C@@]21C.[Br-]. The molecule has 0 radical (unpaired) electrons. The number of piperidine rings is 1. The summed E-state index contributed by atoms with van der Waals surface area (Å²) >= 11 is 7.48. The Morgan fingerprint density at radius 2 is 1.57 bits per heavy atom. The zero-order valence-electron chi connectivity index (χ0n) is 37.2. The molecule has 2 N–H and O–H groups in total. The number of ketones is 2.